The number of rotatable bonds is 5. The standard InChI is InChI=1S/C24H17N7O3/c1-15-19(6-3-7-21(15)31(33)34)24(32)26-18-5-2-4-17(14-18)20-8-9-22-27-28-23(30(22)29-20)16-10-12-25-13-11-16/h2-14H,1H3,(H,26,32). The molecule has 3 aromatic heterocycles. The minimum atomic E-state index is -0.500. The van der Waals surface area contributed by atoms with Crippen LogP contribution in [0.5, 0.6) is 0 Å². The van der Waals surface area contributed by atoms with E-state index in [1.54, 1.807) is 48.1 Å². The van der Waals surface area contributed by atoms with Gasteiger partial charge in [0.2, 0.25) is 0 Å². The van der Waals surface area contributed by atoms with Gasteiger partial charge >= 0.3 is 0 Å². The maximum atomic E-state index is 12.8. The highest BCUT2D eigenvalue weighted by Crippen LogP contribution is 2.25. The van der Waals surface area contributed by atoms with Gasteiger partial charge in [0.05, 0.1) is 10.6 Å². The SMILES string of the molecule is Cc1c(C(=O)Nc2cccc(-c3ccc4nnc(-c5ccncc5)n4n3)c2)cccc1[N+](=O)[O-]. The third kappa shape index (κ3) is 3.84. The van der Waals surface area contributed by atoms with Gasteiger partial charge in [0.1, 0.15) is 0 Å². The quantitative estimate of drug-likeness (QED) is 0.311. The van der Waals surface area contributed by atoms with E-state index in [0.29, 0.717) is 28.4 Å². The molecule has 0 unspecified atom stereocenters. The molecular formula is C24H17N7O3. The summed E-state index contributed by atoms with van der Waals surface area (Å²) in [7, 11) is 0. The zero-order valence-corrected chi connectivity index (χ0v) is 17.9. The van der Waals surface area contributed by atoms with Crippen LogP contribution in [0.4, 0.5) is 11.4 Å². The van der Waals surface area contributed by atoms with Crippen molar-refractivity contribution in [3.05, 3.63) is 100 Å². The normalized spacial score (nSPS) is 10.9. The van der Waals surface area contributed by atoms with E-state index in [9.17, 15) is 14.9 Å². The summed E-state index contributed by atoms with van der Waals surface area (Å²) in [6.45, 7) is 1.56. The zero-order valence-electron chi connectivity index (χ0n) is 17.9. The molecule has 0 saturated carbocycles. The molecule has 2 aromatic carbocycles. The van der Waals surface area contributed by atoms with Crippen molar-refractivity contribution in [1.29, 1.82) is 0 Å². The number of carbonyl (C=O) groups excluding carboxylic acids is 1. The van der Waals surface area contributed by atoms with Crippen molar-refractivity contribution in [2.75, 3.05) is 5.32 Å². The van der Waals surface area contributed by atoms with Crippen molar-refractivity contribution in [1.82, 2.24) is 24.8 Å². The predicted molar refractivity (Wildman–Crippen MR) is 125 cm³/mol. The van der Waals surface area contributed by atoms with Crippen LogP contribution in [-0.2, 0) is 0 Å². The Hall–Kier alpha value is -4.99. The monoisotopic (exact) mass is 451 g/mol. The summed E-state index contributed by atoms with van der Waals surface area (Å²) in [5, 5.41) is 27.1. The van der Waals surface area contributed by atoms with Gasteiger partial charge in [-0.1, -0.05) is 18.2 Å². The Morgan fingerprint density at radius 2 is 1.76 bits per heavy atom. The Bertz CT molecular complexity index is 1550. The average Bonchev–Trinajstić information content (AvgIpc) is 3.28. The van der Waals surface area contributed by atoms with Crippen molar-refractivity contribution >= 4 is 22.9 Å². The molecule has 34 heavy (non-hydrogen) atoms. The molecule has 0 fully saturated rings. The smallest absolute Gasteiger partial charge is 0.273 e. The van der Waals surface area contributed by atoms with E-state index in [2.05, 4.69) is 25.6 Å². The second-order valence-corrected chi connectivity index (χ2v) is 7.49. The fourth-order valence-electron chi connectivity index (χ4n) is 3.65. The summed E-state index contributed by atoms with van der Waals surface area (Å²) in [6.07, 6.45) is 3.35. The van der Waals surface area contributed by atoms with Crippen LogP contribution in [0.3, 0.4) is 0 Å². The lowest BCUT2D eigenvalue weighted by Gasteiger charge is -2.10. The number of nitro groups is 1. The van der Waals surface area contributed by atoms with Crippen LogP contribution in [0.15, 0.2) is 79.1 Å². The number of benzene rings is 2. The number of nitrogens with zero attached hydrogens (tertiary/aromatic N) is 6. The second kappa shape index (κ2) is 8.51. The number of hydrogen-bond acceptors (Lipinski definition) is 7. The van der Waals surface area contributed by atoms with Crippen LogP contribution in [0.25, 0.3) is 28.3 Å². The molecule has 5 aromatic rings. The molecule has 1 amide bonds. The first-order valence-electron chi connectivity index (χ1n) is 10.3. The van der Waals surface area contributed by atoms with Crippen LogP contribution in [0.2, 0.25) is 0 Å². The van der Waals surface area contributed by atoms with E-state index in [1.807, 2.05) is 30.3 Å². The first-order valence-corrected chi connectivity index (χ1v) is 10.3. The van der Waals surface area contributed by atoms with Crippen molar-refractivity contribution < 1.29 is 9.72 Å². The van der Waals surface area contributed by atoms with Gasteiger partial charge in [-0.3, -0.25) is 19.9 Å². The summed E-state index contributed by atoms with van der Waals surface area (Å²) >= 11 is 0. The van der Waals surface area contributed by atoms with E-state index in [0.717, 1.165) is 11.1 Å². The largest absolute Gasteiger partial charge is 0.322 e. The third-order valence-electron chi connectivity index (χ3n) is 5.36. The number of carbonyl (C=O) groups is 1. The first kappa shape index (κ1) is 20.9. The van der Waals surface area contributed by atoms with Gasteiger partial charge in [-0.05, 0) is 49.4 Å². The number of nitro benzene ring substituents is 1. The molecule has 10 heteroatoms. The molecule has 0 saturated heterocycles. The molecule has 5 rings (SSSR count). The van der Waals surface area contributed by atoms with Crippen molar-refractivity contribution in [2.24, 2.45) is 0 Å². The molecule has 1 N–H and O–H groups in total. The van der Waals surface area contributed by atoms with Crippen LogP contribution in [0.1, 0.15) is 15.9 Å². The molecule has 0 bridgehead atoms. The van der Waals surface area contributed by atoms with Crippen LogP contribution < -0.4 is 5.32 Å². The summed E-state index contributed by atoms with van der Waals surface area (Å²) in [5.41, 5.74) is 3.85. The summed E-state index contributed by atoms with van der Waals surface area (Å²) in [6, 6.07) is 18.9. The molecule has 0 aliphatic carbocycles. The van der Waals surface area contributed by atoms with Crippen molar-refractivity contribution in [2.45, 2.75) is 6.92 Å². The van der Waals surface area contributed by atoms with Crippen LogP contribution in [0, 0.1) is 17.0 Å². The Morgan fingerprint density at radius 1 is 0.971 bits per heavy atom. The van der Waals surface area contributed by atoms with Crippen LogP contribution >= 0.6 is 0 Å². The predicted octanol–water partition coefficient (Wildman–Crippen LogP) is 4.32. The molecule has 3 heterocycles. The van der Waals surface area contributed by atoms with Crippen LogP contribution in [-0.4, -0.2) is 35.6 Å². The zero-order chi connectivity index (χ0) is 23.7. The lowest BCUT2D eigenvalue weighted by atomic mass is 10.1. The Balaban J connectivity index is 1.46. The number of pyridine rings is 1. The number of anilines is 1. The van der Waals surface area contributed by atoms with E-state index < -0.39 is 10.8 Å². The summed E-state index contributed by atoms with van der Waals surface area (Å²) < 4.78 is 1.66. The molecule has 0 aliphatic heterocycles. The number of hydrogen-bond donors (Lipinski definition) is 1. The number of aromatic nitrogens is 5. The maximum absolute atomic E-state index is 12.8. The molecular weight excluding hydrogens is 434 g/mol. The van der Waals surface area contributed by atoms with Crippen molar-refractivity contribution in [3.63, 3.8) is 0 Å². The van der Waals surface area contributed by atoms with Crippen molar-refractivity contribution in [3.8, 4) is 22.6 Å². The lowest BCUT2D eigenvalue weighted by Crippen LogP contribution is -2.14. The fraction of sp³-hybridized carbons (Fsp3) is 0.0417. The molecule has 0 aliphatic rings. The Kier molecular flexibility index (Phi) is 5.23. The highest BCUT2D eigenvalue weighted by molar-refractivity contribution is 6.06. The Morgan fingerprint density at radius 3 is 2.56 bits per heavy atom. The van der Waals surface area contributed by atoms with Gasteiger partial charge in [-0.15, -0.1) is 10.2 Å². The molecule has 0 atom stereocenters. The highest BCUT2D eigenvalue weighted by Gasteiger charge is 2.18. The number of fused-ring (bicyclic) bond motifs is 1. The second-order valence-electron chi connectivity index (χ2n) is 7.49. The number of amides is 1. The molecule has 0 spiro atoms. The molecule has 10 nitrogen and oxygen atoms in total. The van der Waals surface area contributed by atoms with Gasteiger partial charge in [0.15, 0.2) is 11.5 Å². The lowest BCUT2D eigenvalue weighted by molar-refractivity contribution is -0.385. The third-order valence-corrected chi connectivity index (χ3v) is 5.36. The highest BCUT2D eigenvalue weighted by atomic mass is 16.6. The van der Waals surface area contributed by atoms with E-state index in [4.69, 9.17) is 0 Å². The molecule has 0 radical (unpaired) electrons. The topological polar surface area (TPSA) is 128 Å². The van der Waals surface area contributed by atoms with Gasteiger partial charge in [0, 0.05) is 46.4 Å². The van der Waals surface area contributed by atoms with Gasteiger partial charge in [-0.25, -0.2) is 0 Å². The van der Waals surface area contributed by atoms with Gasteiger partial charge in [0.25, 0.3) is 11.6 Å². The number of nitrogens with one attached hydrogen (secondary N) is 1. The Labute approximate surface area is 193 Å². The maximum Gasteiger partial charge on any atom is 0.273 e. The minimum absolute atomic E-state index is 0.0992. The van der Waals surface area contributed by atoms with E-state index in [-0.39, 0.29) is 11.3 Å². The van der Waals surface area contributed by atoms with Gasteiger partial charge in [-0.2, -0.15) is 9.61 Å². The first-order chi connectivity index (χ1) is 16.5. The average molecular weight is 451 g/mol. The van der Waals surface area contributed by atoms with E-state index >= 15 is 0 Å². The summed E-state index contributed by atoms with van der Waals surface area (Å²) in [5.74, 6) is 0.158. The summed E-state index contributed by atoms with van der Waals surface area (Å²) in [4.78, 5) is 27.6. The van der Waals surface area contributed by atoms with Gasteiger partial charge < -0.3 is 5.32 Å². The fourth-order valence-corrected chi connectivity index (χ4v) is 3.65. The minimum Gasteiger partial charge on any atom is -0.322 e. The molecule has 166 valence electrons. The van der Waals surface area contributed by atoms with E-state index in [1.165, 1.54) is 12.1 Å².